The Bertz CT molecular complexity index is 1020. The van der Waals surface area contributed by atoms with Crippen LogP contribution in [0.15, 0.2) is 39.5 Å². The van der Waals surface area contributed by atoms with Crippen LogP contribution in [0.25, 0.3) is 0 Å². The van der Waals surface area contributed by atoms with Crippen molar-refractivity contribution in [2.45, 2.75) is 38.5 Å². The lowest BCUT2D eigenvalue weighted by molar-refractivity contribution is 0.289. The van der Waals surface area contributed by atoms with Crippen LogP contribution in [-0.2, 0) is 0 Å². The highest BCUT2D eigenvalue weighted by atomic mass is 79.9. The Morgan fingerprint density at radius 2 is 2.00 bits per heavy atom. The number of methoxy groups -OCH3 is 1. The molecule has 0 heterocycles. The third kappa shape index (κ3) is 3.32. The first-order valence-electron chi connectivity index (χ1n) is 9.92. The van der Waals surface area contributed by atoms with Gasteiger partial charge in [-0.05, 0) is 70.8 Å². The molecule has 2 aliphatic rings. The van der Waals surface area contributed by atoms with E-state index in [1.165, 1.54) is 0 Å². The molecule has 3 rings (SSSR count). The normalized spacial score (nSPS) is 22.1. The predicted octanol–water partition coefficient (Wildman–Crippen LogP) is 4.84. The number of benzene rings is 1. The molecule has 2 aliphatic carbocycles. The van der Waals surface area contributed by atoms with Crippen molar-refractivity contribution in [1.82, 2.24) is 0 Å². The molecule has 1 aromatic rings. The highest BCUT2D eigenvalue weighted by Gasteiger charge is 2.54. The maximum absolute atomic E-state index is 10.1. The molecule has 7 heteroatoms. The molecule has 0 aliphatic heterocycles. The minimum Gasteiger partial charge on any atom is -0.493 e. The molecule has 0 radical (unpaired) electrons. The van der Waals surface area contributed by atoms with Crippen LogP contribution in [0.4, 0.5) is 0 Å². The molecule has 0 spiro atoms. The zero-order valence-corrected chi connectivity index (χ0v) is 18.6. The number of nitrogens with zero attached hydrogens (tertiary/aromatic N) is 3. The number of nitrogens with two attached hydrogens (primary N) is 1. The van der Waals surface area contributed by atoms with Crippen molar-refractivity contribution in [3.05, 3.63) is 45.1 Å². The second-order valence-corrected chi connectivity index (χ2v) is 8.34. The summed E-state index contributed by atoms with van der Waals surface area (Å²) in [5.41, 5.74) is 6.59. The maximum Gasteiger partial charge on any atom is 0.191 e. The minimum absolute atomic E-state index is 0.0331. The second kappa shape index (κ2) is 8.82. The van der Waals surface area contributed by atoms with E-state index in [4.69, 9.17) is 15.2 Å². The van der Waals surface area contributed by atoms with Crippen molar-refractivity contribution >= 4 is 15.9 Å². The fourth-order valence-corrected chi connectivity index (χ4v) is 5.09. The molecule has 0 amide bonds. The molecule has 30 heavy (non-hydrogen) atoms. The number of halogens is 1. The Labute approximate surface area is 185 Å². The molecular weight excluding hydrogens is 444 g/mol. The summed E-state index contributed by atoms with van der Waals surface area (Å²) in [7, 11) is 1.56. The second-order valence-electron chi connectivity index (χ2n) is 7.49. The van der Waals surface area contributed by atoms with Crippen LogP contribution in [0.2, 0.25) is 0 Å². The number of allylic oxidation sites excluding steroid dienone is 4. The summed E-state index contributed by atoms with van der Waals surface area (Å²) in [6.45, 7) is 2.55. The van der Waals surface area contributed by atoms with Crippen molar-refractivity contribution in [1.29, 1.82) is 15.8 Å². The average molecular weight is 467 g/mol. The van der Waals surface area contributed by atoms with Gasteiger partial charge < -0.3 is 15.2 Å². The Kier molecular flexibility index (Phi) is 6.40. The summed E-state index contributed by atoms with van der Waals surface area (Å²) in [5.74, 6) is 0.423. The van der Waals surface area contributed by atoms with E-state index in [2.05, 4.69) is 34.1 Å². The monoisotopic (exact) mass is 466 g/mol. The van der Waals surface area contributed by atoms with E-state index in [1.807, 2.05) is 25.1 Å². The Balaban J connectivity index is 2.27. The third-order valence-corrected chi connectivity index (χ3v) is 6.45. The molecular formula is C23H23BrN4O2. The van der Waals surface area contributed by atoms with E-state index < -0.39 is 11.3 Å². The molecule has 0 bridgehead atoms. The number of fused-ring (bicyclic) bond motifs is 1. The molecule has 154 valence electrons. The Morgan fingerprint density at radius 1 is 1.27 bits per heavy atom. The molecule has 0 aromatic heterocycles. The fourth-order valence-electron chi connectivity index (χ4n) is 4.51. The smallest absolute Gasteiger partial charge is 0.191 e. The van der Waals surface area contributed by atoms with E-state index >= 15 is 0 Å². The lowest BCUT2D eigenvalue weighted by atomic mass is 9.57. The van der Waals surface area contributed by atoms with Crippen molar-refractivity contribution in [3.8, 4) is 29.7 Å². The van der Waals surface area contributed by atoms with E-state index in [9.17, 15) is 15.8 Å². The van der Waals surface area contributed by atoms with Gasteiger partial charge in [0.1, 0.15) is 6.07 Å². The fraction of sp³-hybridized carbons (Fsp3) is 0.435. The van der Waals surface area contributed by atoms with Gasteiger partial charge >= 0.3 is 0 Å². The third-order valence-electron chi connectivity index (χ3n) is 5.86. The summed E-state index contributed by atoms with van der Waals surface area (Å²) < 4.78 is 12.1. The molecule has 0 saturated heterocycles. The SMILES string of the molecule is CCCOc1c(Br)cc([C@@H]2[C@@H]3CCCC=C3C(C#N)=C(N)C2(C#N)C#N)cc1OC. The zero-order valence-electron chi connectivity index (χ0n) is 17.0. The van der Waals surface area contributed by atoms with Gasteiger partial charge in [-0.25, -0.2) is 0 Å². The van der Waals surface area contributed by atoms with E-state index in [1.54, 1.807) is 7.11 Å². The van der Waals surface area contributed by atoms with Gasteiger partial charge in [-0.15, -0.1) is 0 Å². The van der Waals surface area contributed by atoms with Gasteiger partial charge in [0.25, 0.3) is 0 Å². The number of hydrogen-bond donors (Lipinski definition) is 1. The van der Waals surface area contributed by atoms with Crippen LogP contribution >= 0.6 is 15.9 Å². The first kappa shape index (κ1) is 21.8. The summed E-state index contributed by atoms with van der Waals surface area (Å²) in [6.07, 6.45) is 5.41. The van der Waals surface area contributed by atoms with Gasteiger partial charge in [0.05, 0.1) is 41.6 Å². The first-order valence-corrected chi connectivity index (χ1v) is 10.7. The van der Waals surface area contributed by atoms with Crippen molar-refractivity contribution in [2.24, 2.45) is 17.1 Å². The summed E-state index contributed by atoms with van der Waals surface area (Å²) in [5, 5.41) is 30.0. The van der Waals surface area contributed by atoms with Crippen molar-refractivity contribution < 1.29 is 9.47 Å². The Morgan fingerprint density at radius 3 is 2.60 bits per heavy atom. The molecule has 6 nitrogen and oxygen atoms in total. The number of ether oxygens (including phenoxy) is 2. The molecule has 0 fully saturated rings. The molecule has 2 N–H and O–H groups in total. The lowest BCUT2D eigenvalue weighted by Gasteiger charge is -2.43. The average Bonchev–Trinajstić information content (AvgIpc) is 2.77. The zero-order chi connectivity index (χ0) is 21.9. The number of rotatable bonds is 5. The van der Waals surface area contributed by atoms with Crippen LogP contribution in [0.3, 0.4) is 0 Å². The van der Waals surface area contributed by atoms with Crippen molar-refractivity contribution in [2.75, 3.05) is 13.7 Å². The number of hydrogen-bond acceptors (Lipinski definition) is 6. The van der Waals surface area contributed by atoms with E-state index in [-0.39, 0.29) is 17.2 Å². The van der Waals surface area contributed by atoms with E-state index in [0.29, 0.717) is 22.6 Å². The molecule has 0 saturated carbocycles. The quantitative estimate of drug-likeness (QED) is 0.663. The summed E-state index contributed by atoms with van der Waals surface area (Å²) in [6, 6.07) is 10.2. The number of nitriles is 3. The maximum atomic E-state index is 10.1. The first-order chi connectivity index (χ1) is 14.5. The van der Waals surface area contributed by atoms with Crippen molar-refractivity contribution in [3.63, 3.8) is 0 Å². The Hall–Kier alpha value is -2.95. The van der Waals surface area contributed by atoms with Gasteiger partial charge in [-0.3, -0.25) is 0 Å². The molecule has 1 aromatic carbocycles. The molecule has 0 unspecified atom stereocenters. The van der Waals surface area contributed by atoms with Gasteiger partial charge in [-0.2, -0.15) is 15.8 Å². The highest BCUT2D eigenvalue weighted by molar-refractivity contribution is 9.10. The van der Waals surface area contributed by atoms with Crippen LogP contribution < -0.4 is 15.2 Å². The summed E-state index contributed by atoms with van der Waals surface area (Å²) >= 11 is 3.56. The molecule has 2 atom stereocenters. The largest absolute Gasteiger partial charge is 0.493 e. The highest BCUT2D eigenvalue weighted by Crippen LogP contribution is 2.57. The standard InChI is InChI=1S/C23H23BrN4O2/c1-3-8-30-21-18(24)9-14(10-19(21)29-2)20-16-7-5-4-6-15(16)17(11-25)22(28)23(20,12-26)13-27/h6,9-10,16,20H,3-5,7-8,28H2,1-2H3/t16-,20-/m1/s1. The van der Waals surface area contributed by atoms with Gasteiger partial charge in [-0.1, -0.05) is 13.0 Å². The van der Waals surface area contributed by atoms with E-state index in [0.717, 1.165) is 36.8 Å². The topological polar surface area (TPSA) is 116 Å². The lowest BCUT2D eigenvalue weighted by Crippen LogP contribution is -2.42. The van der Waals surface area contributed by atoms with Gasteiger partial charge in [0, 0.05) is 5.92 Å². The minimum atomic E-state index is -1.64. The van der Waals surface area contributed by atoms with Crippen LogP contribution in [0, 0.1) is 45.3 Å². The van der Waals surface area contributed by atoms with Gasteiger partial charge in [0.2, 0.25) is 0 Å². The summed E-state index contributed by atoms with van der Waals surface area (Å²) in [4.78, 5) is 0. The predicted molar refractivity (Wildman–Crippen MR) is 115 cm³/mol. The van der Waals surface area contributed by atoms with Crippen LogP contribution in [0.1, 0.15) is 44.1 Å². The van der Waals surface area contributed by atoms with Gasteiger partial charge in [0.15, 0.2) is 16.9 Å². The van der Waals surface area contributed by atoms with Crippen LogP contribution in [-0.4, -0.2) is 13.7 Å². The van der Waals surface area contributed by atoms with Crippen LogP contribution in [0.5, 0.6) is 11.5 Å².